The van der Waals surface area contributed by atoms with Crippen molar-refractivity contribution in [2.75, 3.05) is 50.1 Å². The van der Waals surface area contributed by atoms with Crippen LogP contribution in [0.2, 0.25) is 0 Å². The number of urea groups is 1. The summed E-state index contributed by atoms with van der Waals surface area (Å²) < 4.78 is 5.23. The molecule has 1 fully saturated rings. The zero-order chi connectivity index (χ0) is 20.6. The van der Waals surface area contributed by atoms with E-state index in [0.717, 1.165) is 42.2 Å². The van der Waals surface area contributed by atoms with Gasteiger partial charge in [-0.05, 0) is 48.4 Å². The predicted molar refractivity (Wildman–Crippen MR) is 115 cm³/mol. The lowest BCUT2D eigenvalue weighted by Gasteiger charge is -2.36. The standard InChI is InChI=1S/C22H28N4O3/c1-17(27)24-19-6-8-20(9-7-19)25-12-14-26(15-13-25)22(28)23-11-10-18-4-3-5-21(16-18)29-2/h3-9,16H,10-15H2,1-2H3,(H,23,28)(H,24,27). The Morgan fingerprint density at radius 3 is 2.41 bits per heavy atom. The molecule has 0 radical (unpaired) electrons. The fraction of sp³-hybridized carbons (Fsp3) is 0.364. The van der Waals surface area contributed by atoms with Crippen molar-refractivity contribution in [1.29, 1.82) is 0 Å². The second-order valence-electron chi connectivity index (χ2n) is 7.04. The van der Waals surface area contributed by atoms with Crippen LogP contribution < -0.4 is 20.3 Å². The molecule has 0 atom stereocenters. The number of hydrogen-bond donors (Lipinski definition) is 2. The molecule has 7 heteroatoms. The molecule has 1 heterocycles. The van der Waals surface area contributed by atoms with Gasteiger partial charge >= 0.3 is 6.03 Å². The van der Waals surface area contributed by atoms with Crippen LogP contribution in [0.25, 0.3) is 0 Å². The summed E-state index contributed by atoms with van der Waals surface area (Å²) in [6.07, 6.45) is 0.767. The molecule has 29 heavy (non-hydrogen) atoms. The van der Waals surface area contributed by atoms with Crippen molar-refractivity contribution in [2.24, 2.45) is 0 Å². The first kappa shape index (κ1) is 20.5. The van der Waals surface area contributed by atoms with Crippen LogP contribution in [-0.2, 0) is 11.2 Å². The van der Waals surface area contributed by atoms with Gasteiger partial charge in [-0.2, -0.15) is 0 Å². The summed E-state index contributed by atoms with van der Waals surface area (Å²) >= 11 is 0. The molecule has 2 aromatic carbocycles. The molecule has 2 aromatic rings. The van der Waals surface area contributed by atoms with E-state index in [1.807, 2.05) is 53.4 Å². The van der Waals surface area contributed by atoms with Crippen molar-refractivity contribution in [3.63, 3.8) is 0 Å². The third-order valence-electron chi connectivity index (χ3n) is 4.94. The van der Waals surface area contributed by atoms with Gasteiger partial charge in [-0.3, -0.25) is 4.79 Å². The molecule has 1 aliphatic heterocycles. The van der Waals surface area contributed by atoms with Crippen LogP contribution in [0.5, 0.6) is 5.75 Å². The lowest BCUT2D eigenvalue weighted by atomic mass is 10.1. The largest absolute Gasteiger partial charge is 0.497 e. The second kappa shape index (κ2) is 9.82. The average molecular weight is 396 g/mol. The van der Waals surface area contributed by atoms with Gasteiger partial charge in [-0.1, -0.05) is 12.1 Å². The van der Waals surface area contributed by atoms with E-state index in [0.29, 0.717) is 19.6 Å². The highest BCUT2D eigenvalue weighted by atomic mass is 16.5. The fourth-order valence-electron chi connectivity index (χ4n) is 3.38. The van der Waals surface area contributed by atoms with Crippen LogP contribution in [0.3, 0.4) is 0 Å². The maximum atomic E-state index is 12.4. The maximum absolute atomic E-state index is 12.4. The van der Waals surface area contributed by atoms with Crippen LogP contribution in [0, 0.1) is 0 Å². The molecule has 3 rings (SSSR count). The fourth-order valence-corrected chi connectivity index (χ4v) is 3.38. The Kier molecular flexibility index (Phi) is 6.94. The van der Waals surface area contributed by atoms with E-state index in [9.17, 15) is 9.59 Å². The number of carbonyl (C=O) groups is 2. The molecule has 0 spiro atoms. The lowest BCUT2D eigenvalue weighted by molar-refractivity contribution is -0.114. The number of hydrogen-bond acceptors (Lipinski definition) is 4. The number of amides is 3. The van der Waals surface area contributed by atoms with Crippen molar-refractivity contribution in [1.82, 2.24) is 10.2 Å². The number of rotatable bonds is 6. The summed E-state index contributed by atoms with van der Waals surface area (Å²) in [6, 6.07) is 15.7. The number of carbonyl (C=O) groups excluding carboxylic acids is 2. The minimum absolute atomic E-state index is 0.0199. The Morgan fingerprint density at radius 1 is 1.03 bits per heavy atom. The highest BCUT2D eigenvalue weighted by molar-refractivity contribution is 5.88. The summed E-state index contributed by atoms with van der Waals surface area (Å²) in [5, 5.41) is 5.78. The van der Waals surface area contributed by atoms with Gasteiger partial charge in [-0.25, -0.2) is 4.79 Å². The highest BCUT2D eigenvalue weighted by Gasteiger charge is 2.21. The van der Waals surface area contributed by atoms with Crippen molar-refractivity contribution in [2.45, 2.75) is 13.3 Å². The van der Waals surface area contributed by atoms with E-state index < -0.39 is 0 Å². The summed E-state index contributed by atoms with van der Waals surface area (Å²) in [7, 11) is 1.65. The van der Waals surface area contributed by atoms with Gasteiger partial charge in [0.15, 0.2) is 0 Å². The van der Waals surface area contributed by atoms with Crippen molar-refractivity contribution in [3.8, 4) is 5.75 Å². The first-order valence-corrected chi connectivity index (χ1v) is 9.83. The number of nitrogens with one attached hydrogen (secondary N) is 2. The smallest absolute Gasteiger partial charge is 0.317 e. The van der Waals surface area contributed by atoms with Gasteiger partial charge in [0.25, 0.3) is 0 Å². The molecule has 1 aliphatic rings. The summed E-state index contributed by atoms with van der Waals surface area (Å²) in [5.74, 6) is 0.749. The van der Waals surface area contributed by atoms with Crippen LogP contribution >= 0.6 is 0 Å². The topological polar surface area (TPSA) is 73.9 Å². The Balaban J connectivity index is 1.42. The van der Waals surface area contributed by atoms with Crippen LogP contribution in [0.4, 0.5) is 16.2 Å². The summed E-state index contributed by atoms with van der Waals surface area (Å²) in [6.45, 7) is 5.01. The third kappa shape index (κ3) is 5.88. The van der Waals surface area contributed by atoms with Crippen molar-refractivity contribution in [3.05, 3.63) is 54.1 Å². The molecular weight excluding hydrogens is 368 g/mol. The third-order valence-corrected chi connectivity index (χ3v) is 4.94. The van der Waals surface area contributed by atoms with E-state index in [4.69, 9.17) is 4.74 Å². The van der Waals surface area contributed by atoms with Crippen LogP contribution in [0.1, 0.15) is 12.5 Å². The van der Waals surface area contributed by atoms with Crippen LogP contribution in [-0.4, -0.2) is 56.7 Å². The van der Waals surface area contributed by atoms with Crippen LogP contribution in [0.15, 0.2) is 48.5 Å². The van der Waals surface area contributed by atoms with Gasteiger partial charge < -0.3 is 25.2 Å². The SMILES string of the molecule is COc1cccc(CCNC(=O)N2CCN(c3ccc(NC(C)=O)cc3)CC2)c1. The van der Waals surface area contributed by atoms with Gasteiger partial charge in [0.1, 0.15) is 5.75 Å². The number of ether oxygens (including phenoxy) is 1. The molecule has 0 aliphatic carbocycles. The van der Waals surface area contributed by atoms with Crippen molar-refractivity contribution >= 4 is 23.3 Å². The molecule has 1 saturated heterocycles. The molecule has 0 aromatic heterocycles. The Labute approximate surface area is 171 Å². The van der Waals surface area contributed by atoms with Gasteiger partial charge in [0.05, 0.1) is 7.11 Å². The molecular formula is C22H28N4O3. The highest BCUT2D eigenvalue weighted by Crippen LogP contribution is 2.19. The zero-order valence-corrected chi connectivity index (χ0v) is 17.0. The second-order valence-corrected chi connectivity index (χ2v) is 7.04. The van der Waals surface area contributed by atoms with E-state index >= 15 is 0 Å². The molecule has 0 bridgehead atoms. The van der Waals surface area contributed by atoms with Gasteiger partial charge in [0.2, 0.25) is 5.91 Å². The normalized spacial score (nSPS) is 13.7. The quantitative estimate of drug-likeness (QED) is 0.787. The maximum Gasteiger partial charge on any atom is 0.317 e. The number of benzene rings is 2. The number of piperazine rings is 1. The van der Waals surface area contributed by atoms with E-state index in [1.165, 1.54) is 6.92 Å². The Bertz CT molecular complexity index is 830. The zero-order valence-electron chi connectivity index (χ0n) is 17.0. The Morgan fingerprint density at radius 2 is 1.76 bits per heavy atom. The molecule has 3 amide bonds. The summed E-state index contributed by atoms with van der Waals surface area (Å²) in [4.78, 5) is 27.6. The first-order valence-electron chi connectivity index (χ1n) is 9.83. The molecule has 7 nitrogen and oxygen atoms in total. The predicted octanol–water partition coefficient (Wildman–Crippen LogP) is 2.73. The minimum atomic E-state index is -0.0798. The lowest BCUT2D eigenvalue weighted by Crippen LogP contribution is -2.52. The summed E-state index contributed by atoms with van der Waals surface area (Å²) in [5.41, 5.74) is 3.02. The van der Waals surface area contributed by atoms with E-state index in [1.54, 1.807) is 7.11 Å². The molecule has 0 unspecified atom stereocenters. The number of nitrogens with zero attached hydrogens (tertiary/aromatic N) is 2. The van der Waals surface area contributed by atoms with E-state index in [-0.39, 0.29) is 11.9 Å². The average Bonchev–Trinajstić information content (AvgIpc) is 2.74. The molecule has 0 saturated carbocycles. The van der Waals surface area contributed by atoms with E-state index in [2.05, 4.69) is 15.5 Å². The van der Waals surface area contributed by atoms with Gasteiger partial charge in [-0.15, -0.1) is 0 Å². The Hall–Kier alpha value is -3.22. The molecule has 154 valence electrons. The minimum Gasteiger partial charge on any atom is -0.497 e. The van der Waals surface area contributed by atoms with Crippen molar-refractivity contribution < 1.29 is 14.3 Å². The monoisotopic (exact) mass is 396 g/mol. The number of methoxy groups -OCH3 is 1. The number of anilines is 2. The van der Waals surface area contributed by atoms with Gasteiger partial charge in [0, 0.05) is 51.0 Å². The molecule has 2 N–H and O–H groups in total. The first-order chi connectivity index (χ1) is 14.0.